The Kier molecular flexibility index (Phi) is 4.62. The zero-order valence-corrected chi connectivity index (χ0v) is 18.3. The number of primary sulfonamides is 1. The first-order valence-corrected chi connectivity index (χ1v) is 11.8. The maximum Gasteiger partial charge on any atom is 0.238 e. The molecule has 6 N–H and O–H groups in total. The fourth-order valence-electron chi connectivity index (χ4n) is 4.52. The van der Waals surface area contributed by atoms with Crippen LogP contribution in [-0.2, 0) is 21.2 Å². The highest BCUT2D eigenvalue weighted by Crippen LogP contribution is 2.44. The molecule has 1 fully saturated rings. The summed E-state index contributed by atoms with van der Waals surface area (Å²) >= 11 is 0. The molecule has 3 aromatic rings. The molecule has 12 heteroatoms. The molecule has 2 aliphatic heterocycles. The first kappa shape index (κ1) is 20.9. The van der Waals surface area contributed by atoms with Crippen molar-refractivity contribution in [3.63, 3.8) is 0 Å². The van der Waals surface area contributed by atoms with Crippen molar-refractivity contribution >= 4 is 55.7 Å². The molecule has 0 bridgehead atoms. The number of carbonyl (C=O) groups excluding carboxylic acids is 1. The number of hydrogen-bond acceptors (Lipinski definition) is 9. The molecule has 33 heavy (non-hydrogen) atoms. The van der Waals surface area contributed by atoms with E-state index < -0.39 is 10.0 Å². The third kappa shape index (κ3) is 3.21. The van der Waals surface area contributed by atoms with Crippen LogP contribution in [0, 0.1) is 11.3 Å². The van der Waals surface area contributed by atoms with E-state index in [4.69, 9.17) is 16.6 Å². The minimum Gasteiger partial charge on any atom is -0.383 e. The van der Waals surface area contributed by atoms with Crippen molar-refractivity contribution in [2.45, 2.75) is 24.2 Å². The first-order valence-electron chi connectivity index (χ1n) is 10.2. The average Bonchev–Trinajstić information content (AvgIpc) is 3.40. The molecule has 1 amide bonds. The molecule has 5 rings (SSSR count). The van der Waals surface area contributed by atoms with Crippen LogP contribution in [0.25, 0.3) is 10.8 Å². The molecule has 2 aliphatic rings. The number of nitrogen functional groups attached to an aromatic ring is 2. The van der Waals surface area contributed by atoms with Crippen molar-refractivity contribution in [1.29, 1.82) is 5.26 Å². The number of amides is 1. The van der Waals surface area contributed by atoms with Crippen LogP contribution in [-0.4, -0.2) is 37.4 Å². The van der Waals surface area contributed by atoms with Crippen molar-refractivity contribution in [2.75, 3.05) is 34.4 Å². The van der Waals surface area contributed by atoms with Gasteiger partial charge in [-0.3, -0.25) is 9.69 Å². The number of nitrogens with two attached hydrogens (primary N) is 3. The van der Waals surface area contributed by atoms with Crippen molar-refractivity contribution in [3.05, 3.63) is 35.4 Å². The van der Waals surface area contributed by atoms with Crippen LogP contribution in [0.5, 0.6) is 0 Å². The topological polar surface area (TPSA) is 185 Å². The van der Waals surface area contributed by atoms with Gasteiger partial charge in [-0.2, -0.15) is 5.26 Å². The Balaban J connectivity index is 1.74. The van der Waals surface area contributed by atoms with Gasteiger partial charge in [0.25, 0.3) is 0 Å². The molecule has 4 heterocycles. The highest BCUT2D eigenvalue weighted by molar-refractivity contribution is 7.89. The minimum atomic E-state index is -3.88. The molecule has 1 saturated heterocycles. The number of aromatic nitrogens is 2. The normalized spacial score (nSPS) is 15.8. The van der Waals surface area contributed by atoms with E-state index in [1.807, 2.05) is 4.90 Å². The minimum absolute atomic E-state index is 0.0202. The summed E-state index contributed by atoms with van der Waals surface area (Å²) in [7, 11) is -3.88. The molecule has 0 spiro atoms. The molecule has 0 saturated carbocycles. The number of fused-ring (bicyclic) bond motifs is 3. The lowest BCUT2D eigenvalue weighted by Crippen LogP contribution is -2.22. The number of nitriles is 1. The molecule has 1 aromatic carbocycles. The predicted octanol–water partition coefficient (Wildman–Crippen LogP) is 1.13. The predicted molar refractivity (Wildman–Crippen MR) is 123 cm³/mol. The van der Waals surface area contributed by atoms with Crippen molar-refractivity contribution < 1.29 is 13.2 Å². The smallest absolute Gasteiger partial charge is 0.238 e. The summed E-state index contributed by atoms with van der Waals surface area (Å²) in [5, 5.41) is 16.1. The Morgan fingerprint density at radius 2 is 1.58 bits per heavy atom. The highest BCUT2D eigenvalue weighted by Gasteiger charge is 2.35. The summed E-state index contributed by atoms with van der Waals surface area (Å²) in [4.78, 5) is 25.2. The van der Waals surface area contributed by atoms with E-state index in [1.54, 1.807) is 0 Å². The zero-order valence-electron chi connectivity index (χ0n) is 17.4. The lowest BCUT2D eigenvalue weighted by Gasteiger charge is -2.22. The number of rotatable bonds is 3. The Morgan fingerprint density at radius 1 is 0.970 bits per heavy atom. The van der Waals surface area contributed by atoms with Gasteiger partial charge in [0.05, 0.1) is 22.4 Å². The molecule has 11 nitrogen and oxygen atoms in total. The third-order valence-electron chi connectivity index (χ3n) is 5.99. The Hall–Kier alpha value is -3.95. The number of carbonyl (C=O) groups is 1. The standard InChI is InChI=1S/C21H20N8O3S/c22-10-14-16-13-9-15(30)29(11-3-5-12(6-4-11)33(25,31)32)21(13)27-19(24)17(16)18(23)26-20(14)28-7-1-2-8-28/h3-6H,1-2,7-9H2,(H2,23,26)(H2,24,27)(H2,25,31,32). The van der Waals surface area contributed by atoms with Gasteiger partial charge >= 0.3 is 0 Å². The SMILES string of the molecule is N#Cc1c(N2CCCC2)nc(N)c2c(N)nc3c(c12)CC(=O)N3c1ccc(S(N)(=O)=O)cc1. The van der Waals surface area contributed by atoms with Gasteiger partial charge in [0.2, 0.25) is 15.9 Å². The van der Waals surface area contributed by atoms with Crippen LogP contribution in [0.4, 0.5) is 29.0 Å². The van der Waals surface area contributed by atoms with Crippen LogP contribution in [0.1, 0.15) is 24.0 Å². The number of hydrogen-bond donors (Lipinski definition) is 3. The number of sulfonamides is 1. The highest BCUT2D eigenvalue weighted by atomic mass is 32.2. The van der Waals surface area contributed by atoms with Gasteiger partial charge in [-0.1, -0.05) is 0 Å². The van der Waals surface area contributed by atoms with Crippen LogP contribution < -0.4 is 26.4 Å². The maximum atomic E-state index is 13.1. The van der Waals surface area contributed by atoms with Gasteiger partial charge in [0.15, 0.2) is 0 Å². The summed E-state index contributed by atoms with van der Waals surface area (Å²) in [6.07, 6.45) is 1.96. The molecular formula is C21H20N8O3S. The summed E-state index contributed by atoms with van der Waals surface area (Å²) in [5.74, 6) is 0.676. The molecule has 0 unspecified atom stereocenters. The quantitative estimate of drug-likeness (QED) is 0.511. The number of benzene rings is 1. The van der Waals surface area contributed by atoms with Gasteiger partial charge in [0.1, 0.15) is 34.9 Å². The van der Waals surface area contributed by atoms with E-state index in [2.05, 4.69) is 16.0 Å². The van der Waals surface area contributed by atoms with E-state index in [-0.39, 0.29) is 34.7 Å². The van der Waals surface area contributed by atoms with Crippen molar-refractivity contribution in [1.82, 2.24) is 9.97 Å². The molecular weight excluding hydrogens is 444 g/mol. The van der Waals surface area contributed by atoms with E-state index in [0.717, 1.165) is 25.9 Å². The molecule has 168 valence electrons. The Labute approximate surface area is 189 Å². The Bertz CT molecular complexity index is 1470. The Morgan fingerprint density at radius 3 is 2.15 bits per heavy atom. The lowest BCUT2D eigenvalue weighted by molar-refractivity contribution is -0.116. The van der Waals surface area contributed by atoms with Gasteiger partial charge in [-0.05, 0) is 37.1 Å². The summed E-state index contributed by atoms with van der Waals surface area (Å²) in [6.45, 7) is 1.52. The largest absolute Gasteiger partial charge is 0.383 e. The second-order valence-corrected chi connectivity index (χ2v) is 9.56. The van der Waals surface area contributed by atoms with Gasteiger partial charge in [-0.15, -0.1) is 0 Å². The van der Waals surface area contributed by atoms with Crippen LogP contribution >= 0.6 is 0 Å². The first-order chi connectivity index (χ1) is 15.7. The van der Waals surface area contributed by atoms with Crippen molar-refractivity contribution in [2.24, 2.45) is 5.14 Å². The molecule has 0 atom stereocenters. The fraction of sp³-hybridized carbons (Fsp3) is 0.238. The summed E-state index contributed by atoms with van der Waals surface area (Å²) < 4.78 is 23.2. The number of pyridine rings is 2. The second-order valence-electron chi connectivity index (χ2n) is 8.00. The molecule has 0 radical (unpaired) electrons. The molecule has 2 aromatic heterocycles. The van der Waals surface area contributed by atoms with Crippen LogP contribution in [0.2, 0.25) is 0 Å². The van der Waals surface area contributed by atoms with Gasteiger partial charge in [0, 0.05) is 24.0 Å². The number of nitrogens with zero attached hydrogens (tertiary/aromatic N) is 5. The van der Waals surface area contributed by atoms with Crippen LogP contribution in [0.3, 0.4) is 0 Å². The maximum absolute atomic E-state index is 13.1. The van der Waals surface area contributed by atoms with E-state index in [9.17, 15) is 18.5 Å². The van der Waals surface area contributed by atoms with Gasteiger partial charge in [-0.25, -0.2) is 23.5 Å². The third-order valence-corrected chi connectivity index (χ3v) is 6.92. The lowest BCUT2D eigenvalue weighted by atomic mass is 10.0. The van der Waals surface area contributed by atoms with E-state index in [1.165, 1.54) is 29.2 Å². The van der Waals surface area contributed by atoms with Gasteiger partial charge < -0.3 is 16.4 Å². The monoisotopic (exact) mass is 464 g/mol. The summed E-state index contributed by atoms with van der Waals surface area (Å²) in [5.41, 5.74) is 13.7. The molecule has 0 aliphatic carbocycles. The van der Waals surface area contributed by atoms with E-state index in [0.29, 0.717) is 33.4 Å². The fourth-order valence-corrected chi connectivity index (χ4v) is 5.03. The zero-order chi connectivity index (χ0) is 23.5. The van der Waals surface area contributed by atoms with E-state index >= 15 is 0 Å². The second kappa shape index (κ2) is 7.29. The van der Waals surface area contributed by atoms with Crippen molar-refractivity contribution in [3.8, 4) is 6.07 Å². The number of anilines is 5. The average molecular weight is 465 g/mol. The summed E-state index contributed by atoms with van der Waals surface area (Å²) in [6, 6.07) is 7.81. The van der Waals surface area contributed by atoms with Crippen LogP contribution in [0.15, 0.2) is 29.2 Å².